The molecule has 0 unspecified atom stereocenters. The number of benzene rings is 1. The molecule has 5 heteroatoms. The maximum absolute atomic E-state index is 11.4. The number of hydrogen-bond donors (Lipinski definition) is 1. The minimum absolute atomic E-state index is 0.117. The van der Waals surface area contributed by atoms with Crippen molar-refractivity contribution >= 4 is 5.91 Å². The van der Waals surface area contributed by atoms with Gasteiger partial charge in [-0.15, -0.1) is 0 Å². The zero-order valence-electron chi connectivity index (χ0n) is 12.1. The van der Waals surface area contributed by atoms with Crippen LogP contribution in [0.4, 0.5) is 0 Å². The van der Waals surface area contributed by atoms with Gasteiger partial charge in [-0.1, -0.05) is 6.42 Å². The van der Waals surface area contributed by atoms with Crippen LogP contribution in [-0.2, 0) is 4.79 Å². The Bertz CT molecular complexity index is 507. The summed E-state index contributed by atoms with van der Waals surface area (Å²) in [6, 6.07) is 9.03. The quantitative estimate of drug-likeness (QED) is 0.807. The van der Waals surface area contributed by atoms with E-state index >= 15 is 0 Å². The number of amides is 1. The molecule has 1 saturated heterocycles. The zero-order valence-corrected chi connectivity index (χ0v) is 12.1. The highest BCUT2D eigenvalue weighted by Crippen LogP contribution is 2.17. The Morgan fingerprint density at radius 2 is 2.14 bits per heavy atom. The summed E-state index contributed by atoms with van der Waals surface area (Å²) in [4.78, 5) is 13.6. The second-order valence-corrected chi connectivity index (χ2v) is 5.29. The number of likely N-dealkylation sites (tertiary alicyclic amines) is 1. The maximum Gasteiger partial charge on any atom is 0.234 e. The highest BCUT2D eigenvalue weighted by atomic mass is 16.5. The number of ether oxygens (including phenoxy) is 1. The first-order valence-electron chi connectivity index (χ1n) is 7.37. The van der Waals surface area contributed by atoms with Gasteiger partial charge < -0.3 is 10.5 Å². The van der Waals surface area contributed by atoms with E-state index in [1.54, 1.807) is 24.3 Å². The first-order chi connectivity index (χ1) is 10.2. The number of nitrogens with zero attached hydrogens (tertiary/aromatic N) is 2. The van der Waals surface area contributed by atoms with Gasteiger partial charge >= 0.3 is 0 Å². The minimum Gasteiger partial charge on any atom is -0.494 e. The van der Waals surface area contributed by atoms with Gasteiger partial charge in [0.05, 0.1) is 24.3 Å². The van der Waals surface area contributed by atoms with Gasteiger partial charge in [-0.05, 0) is 50.1 Å². The third-order valence-electron chi connectivity index (χ3n) is 3.78. The normalized spacial score (nSPS) is 18.9. The van der Waals surface area contributed by atoms with Crippen molar-refractivity contribution in [2.24, 2.45) is 5.73 Å². The van der Waals surface area contributed by atoms with Crippen molar-refractivity contribution in [1.82, 2.24) is 4.90 Å². The third kappa shape index (κ3) is 4.47. The van der Waals surface area contributed by atoms with Crippen LogP contribution in [0.2, 0.25) is 0 Å². The highest BCUT2D eigenvalue weighted by Gasteiger charge is 2.26. The fourth-order valence-electron chi connectivity index (χ4n) is 2.66. The van der Waals surface area contributed by atoms with E-state index in [9.17, 15) is 4.79 Å². The molecule has 1 heterocycles. The van der Waals surface area contributed by atoms with Crippen molar-refractivity contribution in [3.8, 4) is 11.8 Å². The number of rotatable bonds is 6. The summed E-state index contributed by atoms with van der Waals surface area (Å²) in [5.74, 6) is 0.543. The van der Waals surface area contributed by atoms with Crippen molar-refractivity contribution in [2.45, 2.75) is 31.7 Å². The predicted molar refractivity (Wildman–Crippen MR) is 79.7 cm³/mol. The number of piperidine rings is 1. The molecule has 5 nitrogen and oxygen atoms in total. The van der Waals surface area contributed by atoms with E-state index in [0.717, 1.165) is 44.5 Å². The van der Waals surface area contributed by atoms with E-state index < -0.39 is 0 Å². The summed E-state index contributed by atoms with van der Waals surface area (Å²) in [5, 5.41) is 8.72. The van der Waals surface area contributed by atoms with Crippen LogP contribution in [0.1, 0.15) is 31.2 Å². The number of carbonyl (C=O) groups excluding carboxylic acids is 1. The monoisotopic (exact) mass is 287 g/mol. The highest BCUT2D eigenvalue weighted by molar-refractivity contribution is 5.79. The van der Waals surface area contributed by atoms with Gasteiger partial charge in [0.15, 0.2) is 0 Å². The molecular formula is C16H21N3O2. The summed E-state index contributed by atoms with van der Waals surface area (Å²) in [6.45, 7) is 2.35. The molecule has 1 aliphatic rings. The second kappa shape index (κ2) is 7.65. The van der Waals surface area contributed by atoms with Crippen LogP contribution >= 0.6 is 0 Å². The largest absolute Gasteiger partial charge is 0.494 e. The lowest BCUT2D eigenvalue weighted by Gasteiger charge is -2.33. The van der Waals surface area contributed by atoms with Gasteiger partial charge in [0.25, 0.3) is 0 Å². The second-order valence-electron chi connectivity index (χ2n) is 5.29. The molecule has 1 fully saturated rings. The number of primary amides is 1. The van der Waals surface area contributed by atoms with Crippen molar-refractivity contribution < 1.29 is 9.53 Å². The summed E-state index contributed by atoms with van der Waals surface area (Å²) in [7, 11) is 0. The topological polar surface area (TPSA) is 79.3 Å². The lowest BCUT2D eigenvalue weighted by molar-refractivity contribution is -0.124. The third-order valence-corrected chi connectivity index (χ3v) is 3.78. The van der Waals surface area contributed by atoms with Crippen LogP contribution in [-0.4, -0.2) is 36.5 Å². The molecular weight excluding hydrogens is 266 g/mol. The Labute approximate surface area is 125 Å². The lowest BCUT2D eigenvalue weighted by Crippen LogP contribution is -2.48. The van der Waals surface area contributed by atoms with Crippen LogP contribution < -0.4 is 10.5 Å². The molecule has 0 radical (unpaired) electrons. The van der Waals surface area contributed by atoms with Crippen LogP contribution in [0, 0.1) is 11.3 Å². The number of nitrogens with two attached hydrogens (primary N) is 1. The molecule has 21 heavy (non-hydrogen) atoms. The molecule has 0 saturated carbocycles. The Kier molecular flexibility index (Phi) is 5.59. The maximum atomic E-state index is 11.4. The Balaban J connectivity index is 1.73. The van der Waals surface area contributed by atoms with Gasteiger partial charge in [-0.3, -0.25) is 9.69 Å². The van der Waals surface area contributed by atoms with Crippen molar-refractivity contribution in [1.29, 1.82) is 5.26 Å². The molecule has 0 aromatic heterocycles. The number of nitriles is 1. The molecule has 1 atom stereocenters. The molecule has 1 aliphatic heterocycles. The Morgan fingerprint density at radius 3 is 2.81 bits per heavy atom. The van der Waals surface area contributed by atoms with E-state index in [0.29, 0.717) is 12.2 Å². The zero-order chi connectivity index (χ0) is 15.1. The van der Waals surface area contributed by atoms with E-state index in [1.165, 1.54) is 0 Å². The first kappa shape index (κ1) is 15.3. The summed E-state index contributed by atoms with van der Waals surface area (Å²) in [6.07, 6.45) is 3.92. The minimum atomic E-state index is -0.220. The molecule has 0 spiro atoms. The SMILES string of the molecule is N#Cc1ccc(OCCCN2CCCC[C@@H]2C(N)=O)cc1. The fraction of sp³-hybridized carbons (Fsp3) is 0.500. The average Bonchev–Trinajstić information content (AvgIpc) is 2.52. The van der Waals surface area contributed by atoms with Gasteiger partial charge in [0, 0.05) is 6.54 Å². The summed E-state index contributed by atoms with van der Waals surface area (Å²) < 4.78 is 5.64. The Morgan fingerprint density at radius 1 is 1.38 bits per heavy atom. The molecule has 1 amide bonds. The molecule has 2 rings (SSSR count). The van der Waals surface area contributed by atoms with Crippen LogP contribution in [0.25, 0.3) is 0 Å². The molecule has 112 valence electrons. The van der Waals surface area contributed by atoms with Crippen LogP contribution in [0.5, 0.6) is 5.75 Å². The average molecular weight is 287 g/mol. The molecule has 2 N–H and O–H groups in total. The van der Waals surface area contributed by atoms with E-state index in [4.69, 9.17) is 15.7 Å². The summed E-state index contributed by atoms with van der Waals surface area (Å²) in [5.41, 5.74) is 6.07. The van der Waals surface area contributed by atoms with Crippen LogP contribution in [0.15, 0.2) is 24.3 Å². The van der Waals surface area contributed by atoms with Gasteiger partial charge in [-0.25, -0.2) is 0 Å². The van der Waals surface area contributed by atoms with Gasteiger partial charge in [-0.2, -0.15) is 5.26 Å². The van der Waals surface area contributed by atoms with Gasteiger partial charge in [0.2, 0.25) is 5.91 Å². The number of carbonyl (C=O) groups is 1. The fourth-order valence-corrected chi connectivity index (χ4v) is 2.66. The first-order valence-corrected chi connectivity index (χ1v) is 7.37. The predicted octanol–water partition coefficient (Wildman–Crippen LogP) is 1.67. The Hall–Kier alpha value is -2.06. The lowest BCUT2D eigenvalue weighted by atomic mass is 10.0. The van der Waals surface area contributed by atoms with E-state index in [1.807, 2.05) is 0 Å². The van der Waals surface area contributed by atoms with Crippen molar-refractivity contribution in [3.05, 3.63) is 29.8 Å². The number of hydrogen-bond acceptors (Lipinski definition) is 4. The van der Waals surface area contributed by atoms with E-state index in [-0.39, 0.29) is 11.9 Å². The standard InChI is InChI=1S/C16H21N3O2/c17-12-13-5-7-14(8-6-13)21-11-3-10-19-9-2-1-4-15(19)16(18)20/h5-8,15H,1-4,9-11H2,(H2,18,20)/t15-/m1/s1. The van der Waals surface area contributed by atoms with E-state index in [2.05, 4.69) is 11.0 Å². The van der Waals surface area contributed by atoms with Crippen molar-refractivity contribution in [2.75, 3.05) is 19.7 Å². The molecule has 1 aromatic carbocycles. The smallest absolute Gasteiger partial charge is 0.234 e. The van der Waals surface area contributed by atoms with Gasteiger partial charge in [0.1, 0.15) is 5.75 Å². The van der Waals surface area contributed by atoms with Crippen molar-refractivity contribution in [3.63, 3.8) is 0 Å². The molecule has 0 aliphatic carbocycles. The van der Waals surface area contributed by atoms with Crippen LogP contribution in [0.3, 0.4) is 0 Å². The summed E-state index contributed by atoms with van der Waals surface area (Å²) >= 11 is 0. The molecule has 1 aromatic rings. The molecule has 0 bridgehead atoms.